The molecule has 0 saturated heterocycles. The van der Waals surface area contributed by atoms with Gasteiger partial charge < -0.3 is 10.0 Å². The average molecular weight is 345 g/mol. The number of aliphatic hydroxyl groups is 1. The van der Waals surface area contributed by atoms with Crippen LogP contribution < -0.4 is 0 Å². The predicted octanol–water partition coefficient (Wildman–Crippen LogP) is 2.20. The molecule has 1 aliphatic carbocycles. The Morgan fingerprint density at radius 1 is 1.53 bits per heavy atom. The van der Waals surface area contributed by atoms with Crippen molar-refractivity contribution in [2.75, 3.05) is 13.2 Å². The van der Waals surface area contributed by atoms with Gasteiger partial charge in [-0.3, -0.25) is 4.79 Å². The van der Waals surface area contributed by atoms with Gasteiger partial charge in [0.2, 0.25) is 0 Å². The average Bonchev–Trinajstić information content (AvgIpc) is 3.12. The minimum absolute atomic E-state index is 0.0324. The van der Waals surface area contributed by atoms with Crippen LogP contribution >= 0.6 is 22.6 Å². The highest BCUT2D eigenvalue weighted by atomic mass is 127. The molecule has 0 radical (unpaired) electrons. The minimum atomic E-state index is 0.0324. The standard InChI is InChI=1S/C13H16INO2/c1-9-2-5-12(14)11(8-9)13(17)15(6-7-16)10-3-4-10/h2,5,8,10,16H,3-4,6-7H2,1H3. The zero-order valence-electron chi connectivity index (χ0n) is 9.82. The number of carbonyl (C=O) groups is 1. The van der Waals surface area contributed by atoms with E-state index < -0.39 is 0 Å². The van der Waals surface area contributed by atoms with Crippen molar-refractivity contribution in [2.45, 2.75) is 25.8 Å². The monoisotopic (exact) mass is 345 g/mol. The number of aryl methyl sites for hydroxylation is 1. The Hall–Kier alpha value is -0.620. The number of amides is 1. The predicted molar refractivity (Wildman–Crippen MR) is 75.0 cm³/mol. The first-order valence-electron chi connectivity index (χ1n) is 5.81. The maximum Gasteiger partial charge on any atom is 0.255 e. The number of hydrogen-bond acceptors (Lipinski definition) is 2. The van der Waals surface area contributed by atoms with Crippen LogP contribution in [0.5, 0.6) is 0 Å². The van der Waals surface area contributed by atoms with Gasteiger partial charge in [0, 0.05) is 16.2 Å². The lowest BCUT2D eigenvalue weighted by Crippen LogP contribution is -2.35. The Balaban J connectivity index is 2.24. The maximum atomic E-state index is 12.4. The van der Waals surface area contributed by atoms with Crippen LogP contribution in [0.4, 0.5) is 0 Å². The van der Waals surface area contributed by atoms with E-state index in [9.17, 15) is 4.79 Å². The first-order chi connectivity index (χ1) is 8.13. The fourth-order valence-electron chi connectivity index (χ4n) is 1.90. The van der Waals surface area contributed by atoms with Crippen molar-refractivity contribution >= 4 is 28.5 Å². The summed E-state index contributed by atoms with van der Waals surface area (Å²) < 4.78 is 0.974. The van der Waals surface area contributed by atoms with Crippen LogP contribution in [0.3, 0.4) is 0 Å². The third kappa shape index (κ3) is 2.98. The number of hydrogen-bond donors (Lipinski definition) is 1. The molecular formula is C13H16INO2. The van der Waals surface area contributed by atoms with Crippen molar-refractivity contribution in [3.05, 3.63) is 32.9 Å². The normalized spacial score (nSPS) is 14.8. The Labute approximate surface area is 115 Å². The number of aliphatic hydroxyl groups excluding tert-OH is 1. The van der Waals surface area contributed by atoms with Gasteiger partial charge in [-0.05, 0) is 54.5 Å². The van der Waals surface area contributed by atoms with Crippen molar-refractivity contribution in [1.29, 1.82) is 0 Å². The molecule has 0 heterocycles. The number of nitrogens with zero attached hydrogens (tertiary/aromatic N) is 1. The van der Waals surface area contributed by atoms with E-state index in [0.29, 0.717) is 12.6 Å². The van der Waals surface area contributed by atoms with E-state index in [0.717, 1.165) is 27.5 Å². The molecule has 3 nitrogen and oxygen atoms in total. The van der Waals surface area contributed by atoms with Crippen LogP contribution in [0.15, 0.2) is 18.2 Å². The topological polar surface area (TPSA) is 40.5 Å². The molecule has 1 aromatic rings. The first kappa shape index (κ1) is 12.8. The van der Waals surface area contributed by atoms with Gasteiger partial charge in [-0.2, -0.15) is 0 Å². The molecule has 1 fully saturated rings. The molecular weight excluding hydrogens is 329 g/mol. The summed E-state index contributed by atoms with van der Waals surface area (Å²) in [6.07, 6.45) is 2.13. The molecule has 0 bridgehead atoms. The van der Waals surface area contributed by atoms with Gasteiger partial charge in [0.15, 0.2) is 0 Å². The summed E-state index contributed by atoms with van der Waals surface area (Å²) in [4.78, 5) is 14.2. The third-order valence-corrected chi connectivity index (χ3v) is 3.88. The van der Waals surface area contributed by atoms with Crippen molar-refractivity contribution in [3.8, 4) is 0 Å². The Morgan fingerprint density at radius 3 is 2.82 bits per heavy atom. The molecule has 1 aliphatic rings. The molecule has 17 heavy (non-hydrogen) atoms. The highest BCUT2D eigenvalue weighted by molar-refractivity contribution is 14.1. The molecule has 0 unspecified atom stereocenters. The molecule has 1 N–H and O–H groups in total. The molecule has 92 valence electrons. The second kappa shape index (κ2) is 5.35. The van der Waals surface area contributed by atoms with E-state index in [1.165, 1.54) is 0 Å². The second-order valence-electron chi connectivity index (χ2n) is 4.44. The first-order valence-corrected chi connectivity index (χ1v) is 6.89. The van der Waals surface area contributed by atoms with E-state index in [1.54, 1.807) is 4.90 Å². The van der Waals surface area contributed by atoms with Gasteiger partial charge in [0.25, 0.3) is 5.91 Å². The van der Waals surface area contributed by atoms with E-state index in [-0.39, 0.29) is 12.5 Å². The Kier molecular flexibility index (Phi) is 4.04. The van der Waals surface area contributed by atoms with Crippen molar-refractivity contribution < 1.29 is 9.90 Å². The fourth-order valence-corrected chi connectivity index (χ4v) is 2.47. The Bertz CT molecular complexity index is 429. The summed E-state index contributed by atoms with van der Waals surface area (Å²) in [6.45, 7) is 2.46. The van der Waals surface area contributed by atoms with Gasteiger partial charge in [-0.1, -0.05) is 11.6 Å². The molecule has 4 heteroatoms. The summed E-state index contributed by atoms with van der Waals surface area (Å²) in [5, 5.41) is 9.04. The van der Waals surface area contributed by atoms with Crippen LogP contribution in [-0.4, -0.2) is 35.1 Å². The molecule has 1 saturated carbocycles. The number of halogens is 1. The van der Waals surface area contributed by atoms with Crippen LogP contribution in [0, 0.1) is 10.5 Å². The smallest absolute Gasteiger partial charge is 0.255 e. The van der Waals surface area contributed by atoms with Gasteiger partial charge in [-0.15, -0.1) is 0 Å². The highest BCUT2D eigenvalue weighted by Crippen LogP contribution is 2.29. The third-order valence-electron chi connectivity index (χ3n) is 2.94. The van der Waals surface area contributed by atoms with Crippen molar-refractivity contribution in [2.24, 2.45) is 0 Å². The largest absolute Gasteiger partial charge is 0.395 e. The quantitative estimate of drug-likeness (QED) is 0.850. The summed E-state index contributed by atoms with van der Waals surface area (Å²) in [6, 6.07) is 6.24. The van der Waals surface area contributed by atoms with Gasteiger partial charge in [0.05, 0.1) is 12.2 Å². The summed E-state index contributed by atoms with van der Waals surface area (Å²) in [5.74, 6) is 0.0506. The van der Waals surface area contributed by atoms with Crippen molar-refractivity contribution in [1.82, 2.24) is 4.90 Å². The van der Waals surface area contributed by atoms with E-state index in [4.69, 9.17) is 5.11 Å². The SMILES string of the molecule is Cc1ccc(I)c(C(=O)N(CCO)C2CC2)c1. The Morgan fingerprint density at radius 2 is 2.24 bits per heavy atom. The summed E-state index contributed by atoms with van der Waals surface area (Å²) in [7, 11) is 0. The lowest BCUT2D eigenvalue weighted by Gasteiger charge is -2.22. The summed E-state index contributed by atoms with van der Waals surface area (Å²) in [5.41, 5.74) is 1.85. The van der Waals surface area contributed by atoms with Crippen LogP contribution in [-0.2, 0) is 0 Å². The van der Waals surface area contributed by atoms with E-state index in [1.807, 2.05) is 25.1 Å². The molecule has 1 aromatic carbocycles. The number of carbonyl (C=O) groups excluding carboxylic acids is 1. The van der Waals surface area contributed by atoms with Gasteiger partial charge in [-0.25, -0.2) is 0 Å². The van der Waals surface area contributed by atoms with E-state index in [2.05, 4.69) is 22.6 Å². The summed E-state index contributed by atoms with van der Waals surface area (Å²) >= 11 is 2.19. The van der Waals surface area contributed by atoms with Crippen molar-refractivity contribution in [3.63, 3.8) is 0 Å². The number of rotatable bonds is 4. The fraction of sp³-hybridized carbons (Fsp3) is 0.462. The zero-order valence-corrected chi connectivity index (χ0v) is 12.0. The van der Waals surface area contributed by atoms with Gasteiger partial charge >= 0.3 is 0 Å². The van der Waals surface area contributed by atoms with Crippen LogP contribution in [0.25, 0.3) is 0 Å². The molecule has 0 aromatic heterocycles. The second-order valence-corrected chi connectivity index (χ2v) is 5.60. The van der Waals surface area contributed by atoms with Crippen LogP contribution in [0.1, 0.15) is 28.8 Å². The number of benzene rings is 1. The molecule has 0 spiro atoms. The lowest BCUT2D eigenvalue weighted by atomic mass is 10.1. The van der Waals surface area contributed by atoms with E-state index >= 15 is 0 Å². The molecule has 1 amide bonds. The zero-order chi connectivity index (χ0) is 12.4. The highest BCUT2D eigenvalue weighted by Gasteiger charge is 2.33. The van der Waals surface area contributed by atoms with Crippen LogP contribution in [0.2, 0.25) is 0 Å². The molecule has 0 aliphatic heterocycles. The van der Waals surface area contributed by atoms with Gasteiger partial charge in [0.1, 0.15) is 0 Å². The lowest BCUT2D eigenvalue weighted by molar-refractivity contribution is 0.0706. The maximum absolute atomic E-state index is 12.4. The molecule has 2 rings (SSSR count). The minimum Gasteiger partial charge on any atom is -0.395 e. The molecule has 0 atom stereocenters.